The van der Waals surface area contributed by atoms with E-state index in [-0.39, 0.29) is 12.3 Å². The van der Waals surface area contributed by atoms with Crippen molar-refractivity contribution in [2.24, 2.45) is 0 Å². The van der Waals surface area contributed by atoms with E-state index in [9.17, 15) is 18.4 Å². The van der Waals surface area contributed by atoms with E-state index in [4.69, 9.17) is 5.21 Å². The predicted molar refractivity (Wildman–Crippen MR) is 92.8 cm³/mol. The first-order valence-electron chi connectivity index (χ1n) is 8.13. The van der Waals surface area contributed by atoms with Crippen LogP contribution in [0.15, 0.2) is 24.4 Å². The van der Waals surface area contributed by atoms with Gasteiger partial charge >= 0.3 is 0 Å². The van der Waals surface area contributed by atoms with Crippen molar-refractivity contribution >= 4 is 23.2 Å². The molecule has 2 aromatic rings. The number of rotatable bonds is 9. The molecule has 1 heterocycles. The van der Waals surface area contributed by atoms with Crippen molar-refractivity contribution in [3.8, 4) is 10.6 Å². The molecule has 3 N–H and O–H groups in total. The van der Waals surface area contributed by atoms with Crippen molar-refractivity contribution in [1.82, 2.24) is 15.8 Å². The minimum Gasteiger partial charge on any atom is -0.351 e. The molecule has 0 aliphatic carbocycles. The highest BCUT2D eigenvalue weighted by molar-refractivity contribution is 7.16. The number of hydrogen-bond donors (Lipinski definition) is 3. The van der Waals surface area contributed by atoms with Crippen LogP contribution in [0.1, 0.15) is 41.8 Å². The van der Waals surface area contributed by atoms with Gasteiger partial charge in [0.05, 0.1) is 6.20 Å². The Balaban J connectivity index is 1.75. The van der Waals surface area contributed by atoms with Crippen LogP contribution in [0.5, 0.6) is 0 Å². The van der Waals surface area contributed by atoms with E-state index in [0.717, 1.165) is 36.7 Å². The third kappa shape index (κ3) is 6.16. The predicted octanol–water partition coefficient (Wildman–Crippen LogP) is 3.27. The maximum absolute atomic E-state index is 13.3. The van der Waals surface area contributed by atoms with Gasteiger partial charge in [0.2, 0.25) is 5.91 Å². The van der Waals surface area contributed by atoms with Gasteiger partial charge in [-0.05, 0) is 25.0 Å². The monoisotopic (exact) mass is 383 g/mol. The van der Waals surface area contributed by atoms with Crippen molar-refractivity contribution < 1.29 is 23.6 Å². The Morgan fingerprint density at radius 3 is 2.46 bits per heavy atom. The first kappa shape index (κ1) is 19.9. The second-order valence-electron chi connectivity index (χ2n) is 5.64. The van der Waals surface area contributed by atoms with Crippen LogP contribution in [-0.4, -0.2) is 28.6 Å². The van der Waals surface area contributed by atoms with Gasteiger partial charge in [0.1, 0.15) is 21.5 Å². The Morgan fingerprint density at radius 1 is 1.08 bits per heavy atom. The molecular formula is C17H19F2N3O3S. The van der Waals surface area contributed by atoms with E-state index in [2.05, 4.69) is 10.3 Å². The summed E-state index contributed by atoms with van der Waals surface area (Å²) in [4.78, 5) is 27.3. The fourth-order valence-corrected chi connectivity index (χ4v) is 3.12. The summed E-state index contributed by atoms with van der Waals surface area (Å²) in [5, 5.41) is 11.5. The largest absolute Gasteiger partial charge is 0.351 e. The number of thiazole rings is 1. The minimum absolute atomic E-state index is 0.271. The molecule has 0 atom stereocenters. The van der Waals surface area contributed by atoms with Crippen LogP contribution in [0.25, 0.3) is 10.6 Å². The fourth-order valence-electron chi connectivity index (χ4n) is 2.30. The summed E-state index contributed by atoms with van der Waals surface area (Å²) in [5.41, 5.74) is 1.87. The van der Waals surface area contributed by atoms with Crippen LogP contribution in [-0.2, 0) is 4.79 Å². The molecule has 0 bridgehead atoms. The molecule has 2 amide bonds. The average Bonchev–Trinajstić information content (AvgIpc) is 3.10. The number of aromatic nitrogens is 1. The van der Waals surface area contributed by atoms with E-state index >= 15 is 0 Å². The maximum atomic E-state index is 13.3. The summed E-state index contributed by atoms with van der Waals surface area (Å²) in [6, 6.07) is 3.11. The molecule has 1 aromatic heterocycles. The first-order chi connectivity index (χ1) is 12.5. The van der Waals surface area contributed by atoms with Gasteiger partial charge in [-0.25, -0.2) is 19.2 Å². The molecule has 140 valence electrons. The third-order valence-electron chi connectivity index (χ3n) is 3.58. The molecule has 0 unspecified atom stereocenters. The third-order valence-corrected chi connectivity index (χ3v) is 4.63. The van der Waals surface area contributed by atoms with Crippen molar-refractivity contribution in [3.05, 3.63) is 40.9 Å². The molecule has 0 aliphatic heterocycles. The van der Waals surface area contributed by atoms with Crippen molar-refractivity contribution in [3.63, 3.8) is 0 Å². The Labute approximate surface area is 153 Å². The van der Waals surface area contributed by atoms with Crippen LogP contribution < -0.4 is 10.8 Å². The molecular weight excluding hydrogens is 364 g/mol. The summed E-state index contributed by atoms with van der Waals surface area (Å²) in [6.07, 6.45) is 4.74. The standard InChI is InChI=1S/C17H19F2N3O3S/c18-12-7-11(8-13(19)9-12)17-21-10-14(26-17)16(24)20-6-4-2-1-3-5-15(23)22-25/h7-10,25H,1-6H2,(H,20,24)(H,22,23). The van der Waals surface area contributed by atoms with Crippen molar-refractivity contribution in [2.45, 2.75) is 32.1 Å². The molecule has 9 heteroatoms. The van der Waals surface area contributed by atoms with E-state index in [1.807, 2.05) is 0 Å². The zero-order valence-electron chi connectivity index (χ0n) is 13.9. The number of carbonyl (C=O) groups excluding carboxylic acids is 2. The average molecular weight is 383 g/mol. The lowest BCUT2D eigenvalue weighted by molar-refractivity contribution is -0.129. The molecule has 2 rings (SSSR count). The second-order valence-corrected chi connectivity index (χ2v) is 6.67. The number of nitrogens with zero attached hydrogens (tertiary/aromatic N) is 1. The highest BCUT2D eigenvalue weighted by Crippen LogP contribution is 2.26. The number of carbonyl (C=O) groups is 2. The molecule has 0 radical (unpaired) electrons. The maximum Gasteiger partial charge on any atom is 0.263 e. The number of halogens is 2. The van der Waals surface area contributed by atoms with Gasteiger partial charge in [-0.15, -0.1) is 11.3 Å². The Bertz CT molecular complexity index is 747. The van der Waals surface area contributed by atoms with E-state index in [0.29, 0.717) is 28.4 Å². The zero-order chi connectivity index (χ0) is 18.9. The van der Waals surface area contributed by atoms with Crippen LogP contribution in [0.2, 0.25) is 0 Å². The van der Waals surface area contributed by atoms with Crippen molar-refractivity contribution in [1.29, 1.82) is 0 Å². The summed E-state index contributed by atoms with van der Waals surface area (Å²) in [5.74, 6) is -2.09. The van der Waals surface area contributed by atoms with Gasteiger partial charge in [0, 0.05) is 24.6 Å². The van der Waals surface area contributed by atoms with Crippen LogP contribution >= 0.6 is 11.3 Å². The van der Waals surface area contributed by atoms with Gasteiger partial charge in [-0.3, -0.25) is 14.8 Å². The van der Waals surface area contributed by atoms with Gasteiger partial charge in [-0.1, -0.05) is 12.8 Å². The van der Waals surface area contributed by atoms with Gasteiger partial charge < -0.3 is 5.32 Å². The summed E-state index contributed by atoms with van der Waals surface area (Å²) in [7, 11) is 0. The van der Waals surface area contributed by atoms with Crippen LogP contribution in [0.3, 0.4) is 0 Å². The van der Waals surface area contributed by atoms with Crippen molar-refractivity contribution in [2.75, 3.05) is 6.54 Å². The number of hydrogen-bond acceptors (Lipinski definition) is 5. The topological polar surface area (TPSA) is 91.3 Å². The van der Waals surface area contributed by atoms with Gasteiger partial charge in [0.25, 0.3) is 5.91 Å². The lowest BCUT2D eigenvalue weighted by Crippen LogP contribution is -2.23. The zero-order valence-corrected chi connectivity index (χ0v) is 14.7. The number of hydroxylamine groups is 1. The number of benzene rings is 1. The Kier molecular flexibility index (Phi) is 7.61. The number of unbranched alkanes of at least 4 members (excludes halogenated alkanes) is 3. The quantitative estimate of drug-likeness (QED) is 0.352. The van der Waals surface area contributed by atoms with Crippen LogP contribution in [0.4, 0.5) is 8.78 Å². The number of amides is 2. The highest BCUT2D eigenvalue weighted by Gasteiger charge is 2.12. The lowest BCUT2D eigenvalue weighted by atomic mass is 10.1. The van der Waals surface area contributed by atoms with Gasteiger partial charge in [-0.2, -0.15) is 0 Å². The minimum atomic E-state index is -0.697. The Hall–Kier alpha value is -2.39. The molecule has 6 nitrogen and oxygen atoms in total. The van der Waals surface area contributed by atoms with E-state index in [1.54, 1.807) is 5.48 Å². The first-order valence-corrected chi connectivity index (χ1v) is 8.94. The normalized spacial score (nSPS) is 10.6. The van der Waals surface area contributed by atoms with Crippen LogP contribution in [0, 0.1) is 11.6 Å². The lowest BCUT2D eigenvalue weighted by Gasteiger charge is -2.03. The van der Waals surface area contributed by atoms with E-state index < -0.39 is 17.5 Å². The second kappa shape index (κ2) is 9.93. The molecule has 1 aromatic carbocycles. The van der Waals surface area contributed by atoms with Gasteiger partial charge in [0.15, 0.2) is 0 Å². The summed E-state index contributed by atoms with van der Waals surface area (Å²) in [6.45, 7) is 0.479. The fraction of sp³-hybridized carbons (Fsp3) is 0.353. The molecule has 0 saturated carbocycles. The van der Waals surface area contributed by atoms with E-state index in [1.165, 1.54) is 18.3 Å². The Morgan fingerprint density at radius 2 is 1.77 bits per heavy atom. The highest BCUT2D eigenvalue weighted by atomic mass is 32.1. The molecule has 0 fully saturated rings. The molecule has 0 aliphatic rings. The molecule has 26 heavy (non-hydrogen) atoms. The molecule has 0 saturated heterocycles. The summed E-state index contributed by atoms with van der Waals surface area (Å²) >= 11 is 1.06. The SMILES string of the molecule is O=C(CCCCCCNC(=O)c1cnc(-c2cc(F)cc(F)c2)s1)NO. The smallest absolute Gasteiger partial charge is 0.263 e. The summed E-state index contributed by atoms with van der Waals surface area (Å²) < 4.78 is 26.5. The number of nitrogens with one attached hydrogen (secondary N) is 2. The molecule has 0 spiro atoms.